The third-order valence-corrected chi connectivity index (χ3v) is 14.6. The third-order valence-electron chi connectivity index (χ3n) is 8.55. The molecular weight excluding hydrogens is 530 g/mol. The molecule has 34 heavy (non-hydrogen) atoms. The van der Waals surface area contributed by atoms with Crippen LogP contribution >= 0.6 is 6.89 Å². The second-order valence-electron chi connectivity index (χ2n) is 11.0. The van der Waals surface area contributed by atoms with Crippen molar-refractivity contribution >= 4 is 18.4 Å². The van der Waals surface area contributed by atoms with Crippen LogP contribution in [-0.2, 0) is 19.5 Å². The molecule has 0 aliphatic heterocycles. The maximum atomic E-state index is 11.7. The Morgan fingerprint density at radius 2 is 1.29 bits per heavy atom. The molecule has 3 aliphatic rings. The van der Waals surface area contributed by atoms with Gasteiger partial charge >= 0.3 is 0 Å². The predicted octanol–water partition coefficient (Wildman–Crippen LogP) is 8.55. The van der Waals surface area contributed by atoms with Crippen LogP contribution in [0.5, 0.6) is 5.75 Å². The molecule has 0 heterocycles. The molecule has 1 aromatic rings. The van der Waals surface area contributed by atoms with Gasteiger partial charge in [-0.25, -0.2) is 0 Å². The molecular formula is C28H44NO3PRu. The summed E-state index contributed by atoms with van der Waals surface area (Å²) < 4.78 is 6.25. The van der Waals surface area contributed by atoms with Crippen LogP contribution in [0.4, 0.5) is 5.69 Å². The molecule has 4 nitrogen and oxygen atoms in total. The van der Waals surface area contributed by atoms with Crippen molar-refractivity contribution in [3.8, 4) is 5.75 Å². The summed E-state index contributed by atoms with van der Waals surface area (Å²) in [6, 6.07) is 5.32. The maximum absolute atomic E-state index is 11.7. The van der Waals surface area contributed by atoms with Crippen molar-refractivity contribution < 1.29 is 29.1 Å². The molecule has 0 unspecified atom stereocenters. The zero-order valence-electron chi connectivity index (χ0n) is 21.2. The van der Waals surface area contributed by atoms with Crippen molar-refractivity contribution in [1.29, 1.82) is 0 Å². The van der Waals surface area contributed by atoms with E-state index in [-0.39, 0.29) is 36.2 Å². The Kier molecular flexibility index (Phi) is 10.7. The van der Waals surface area contributed by atoms with E-state index >= 15 is 0 Å². The molecule has 4 rings (SSSR count). The minimum Gasteiger partial charge on any atom is -0.490 e. The standard InChI is InChI=1S/C28H44NO3P.Ru/c1-22(2)32-28-19-18-24(29(30)31)20-23(28)21-33(25-12-6-3-7-13-25,26-14-8-4-9-15-26)27-16-10-5-11-17-27;/h18-22,25-27H,3-17H2,1-2H3;. The second-order valence-corrected chi connectivity index (χ2v) is 15.3. The fraction of sp³-hybridized carbons (Fsp3) is 0.750. The first-order chi connectivity index (χ1) is 16.0. The summed E-state index contributed by atoms with van der Waals surface area (Å²) in [7, 11) is 0. The minimum atomic E-state index is -1.49. The maximum Gasteiger partial charge on any atom is 0.270 e. The Morgan fingerprint density at radius 1 is 0.853 bits per heavy atom. The zero-order valence-corrected chi connectivity index (χ0v) is 23.8. The van der Waals surface area contributed by atoms with Crippen LogP contribution in [0.1, 0.15) is 116 Å². The van der Waals surface area contributed by atoms with E-state index in [2.05, 4.69) is 19.6 Å². The Hall–Kier alpha value is -0.657. The fourth-order valence-corrected chi connectivity index (χ4v) is 14.0. The van der Waals surface area contributed by atoms with Gasteiger partial charge in [0, 0.05) is 37.2 Å². The number of ether oxygens (including phenoxy) is 1. The summed E-state index contributed by atoms with van der Waals surface area (Å²) in [5.41, 5.74) is 3.65. The molecule has 3 fully saturated rings. The van der Waals surface area contributed by atoms with Gasteiger partial charge in [-0.05, 0) is 75.4 Å². The molecule has 0 radical (unpaired) electrons. The van der Waals surface area contributed by atoms with E-state index in [4.69, 9.17) is 4.74 Å². The molecule has 0 bridgehead atoms. The quantitative estimate of drug-likeness (QED) is 0.142. The Bertz CT molecular complexity index is 801. The molecule has 0 aromatic heterocycles. The van der Waals surface area contributed by atoms with E-state index in [9.17, 15) is 10.1 Å². The average Bonchev–Trinajstić information content (AvgIpc) is 2.84. The number of hydrogen-bond donors (Lipinski definition) is 0. The monoisotopic (exact) mass is 575 g/mol. The van der Waals surface area contributed by atoms with Gasteiger partial charge in [-0.3, -0.25) is 10.1 Å². The van der Waals surface area contributed by atoms with Crippen LogP contribution < -0.4 is 4.74 Å². The molecule has 192 valence electrons. The van der Waals surface area contributed by atoms with Crippen molar-refractivity contribution in [2.75, 3.05) is 0 Å². The van der Waals surface area contributed by atoms with Crippen LogP contribution in [-0.4, -0.2) is 33.8 Å². The first-order valence-corrected chi connectivity index (χ1v) is 15.8. The van der Waals surface area contributed by atoms with Crippen LogP contribution in [0.25, 0.3) is 0 Å². The van der Waals surface area contributed by atoms with Gasteiger partial charge < -0.3 is 4.74 Å². The van der Waals surface area contributed by atoms with Crippen LogP contribution in [0.3, 0.4) is 0 Å². The van der Waals surface area contributed by atoms with Gasteiger partial charge in [0.1, 0.15) is 5.75 Å². The number of nitro groups is 1. The molecule has 0 spiro atoms. The largest absolute Gasteiger partial charge is 0.490 e. The summed E-state index contributed by atoms with van der Waals surface area (Å²) in [5.74, 6) is 3.52. The van der Waals surface area contributed by atoms with Gasteiger partial charge in [0.15, 0.2) is 0 Å². The van der Waals surface area contributed by atoms with Crippen molar-refractivity contribution in [1.82, 2.24) is 0 Å². The number of nitrogens with zero attached hydrogens (tertiary/aromatic N) is 1. The second kappa shape index (κ2) is 13.1. The number of nitro benzene ring substituents is 1. The number of non-ortho nitro benzene ring substituents is 1. The first kappa shape index (κ1) is 27.9. The SMILES string of the molecule is CC(C)Oc1ccc([N+](=O)[O-])cc1C=P(C1CCCCC1)(C1CCCCC1)C1CCCCC1.[Ru]. The normalized spacial score (nSPS) is 21.1. The molecule has 1 aromatic carbocycles. The summed E-state index contributed by atoms with van der Waals surface area (Å²) in [6.07, 6.45) is 20.6. The summed E-state index contributed by atoms with van der Waals surface area (Å²) in [5, 5.41) is 11.7. The van der Waals surface area contributed by atoms with Gasteiger partial charge in [0.2, 0.25) is 0 Å². The van der Waals surface area contributed by atoms with E-state index in [0.29, 0.717) is 0 Å². The number of hydrogen-bond acceptors (Lipinski definition) is 3. The average molecular weight is 575 g/mol. The van der Waals surface area contributed by atoms with E-state index < -0.39 is 6.89 Å². The molecule has 0 atom stereocenters. The molecule has 3 aliphatic carbocycles. The Morgan fingerprint density at radius 3 is 1.68 bits per heavy atom. The molecule has 0 N–H and O–H groups in total. The molecule has 3 saturated carbocycles. The van der Waals surface area contributed by atoms with Crippen LogP contribution in [0, 0.1) is 10.1 Å². The van der Waals surface area contributed by atoms with Crippen molar-refractivity contribution in [3.05, 3.63) is 33.9 Å². The summed E-state index contributed by atoms with van der Waals surface area (Å²) in [4.78, 5) is 11.5. The van der Waals surface area contributed by atoms with Crippen LogP contribution in [0.15, 0.2) is 18.2 Å². The van der Waals surface area contributed by atoms with Crippen LogP contribution in [0.2, 0.25) is 0 Å². The topological polar surface area (TPSA) is 52.4 Å². The summed E-state index contributed by atoms with van der Waals surface area (Å²) in [6.45, 7) is 2.61. The zero-order chi connectivity index (χ0) is 23.3. The Balaban J connectivity index is 0.00000324. The smallest absolute Gasteiger partial charge is 0.270 e. The molecule has 6 heteroatoms. The van der Waals surface area contributed by atoms with Gasteiger partial charge in [-0.15, -0.1) is 0 Å². The third kappa shape index (κ3) is 6.36. The van der Waals surface area contributed by atoms with Gasteiger partial charge in [-0.1, -0.05) is 70.5 Å². The van der Waals surface area contributed by atoms with E-state index in [1.54, 1.807) is 6.07 Å². The first-order valence-electron chi connectivity index (χ1n) is 13.7. The minimum absolute atomic E-state index is 0. The van der Waals surface area contributed by atoms with E-state index in [1.165, 1.54) is 96.3 Å². The number of rotatable bonds is 7. The molecule has 0 saturated heterocycles. The van der Waals surface area contributed by atoms with E-state index in [0.717, 1.165) is 28.3 Å². The predicted molar refractivity (Wildman–Crippen MR) is 142 cm³/mol. The van der Waals surface area contributed by atoms with E-state index in [1.807, 2.05) is 12.1 Å². The van der Waals surface area contributed by atoms with Crippen molar-refractivity contribution in [2.45, 2.75) is 133 Å². The van der Waals surface area contributed by atoms with Crippen molar-refractivity contribution in [3.63, 3.8) is 0 Å². The molecule has 0 amide bonds. The van der Waals surface area contributed by atoms with Crippen molar-refractivity contribution in [2.24, 2.45) is 0 Å². The summed E-state index contributed by atoms with van der Waals surface area (Å²) >= 11 is 0. The fourth-order valence-electron chi connectivity index (χ4n) is 7.15. The Labute approximate surface area is 219 Å². The van der Waals surface area contributed by atoms with Gasteiger partial charge in [0.25, 0.3) is 5.69 Å². The van der Waals surface area contributed by atoms with Gasteiger partial charge in [-0.2, -0.15) is 0 Å². The number of benzene rings is 1. The van der Waals surface area contributed by atoms with Gasteiger partial charge in [0.05, 0.1) is 11.0 Å².